The van der Waals surface area contributed by atoms with Gasteiger partial charge in [0, 0.05) is 18.6 Å². The van der Waals surface area contributed by atoms with Gasteiger partial charge in [-0.2, -0.15) is 0 Å². The Labute approximate surface area is 89.1 Å². The monoisotopic (exact) mass is 198 g/mol. The number of nitrogens with one attached hydrogen (secondary N) is 1. The van der Waals surface area contributed by atoms with E-state index in [0.29, 0.717) is 0 Å². The Morgan fingerprint density at radius 2 is 2.21 bits per heavy atom. The van der Waals surface area contributed by atoms with E-state index in [-0.39, 0.29) is 0 Å². The molecule has 0 aromatic rings. The molecule has 1 aliphatic heterocycles. The fourth-order valence-corrected chi connectivity index (χ4v) is 2.62. The van der Waals surface area contributed by atoms with Gasteiger partial charge in [-0.05, 0) is 39.8 Å². The Bertz CT molecular complexity index is 141. The Morgan fingerprint density at radius 1 is 1.43 bits per heavy atom. The summed E-state index contributed by atoms with van der Waals surface area (Å²) in [7, 11) is 2.07. The third kappa shape index (κ3) is 3.25. The molecular weight excluding hydrogens is 172 g/mol. The molecule has 0 aliphatic carbocycles. The van der Waals surface area contributed by atoms with Crippen molar-refractivity contribution in [3.8, 4) is 0 Å². The van der Waals surface area contributed by atoms with Gasteiger partial charge in [-0.15, -0.1) is 0 Å². The Morgan fingerprint density at radius 3 is 2.79 bits per heavy atom. The predicted octanol–water partition coefficient (Wildman–Crippen LogP) is 2.25. The van der Waals surface area contributed by atoms with E-state index >= 15 is 0 Å². The summed E-state index contributed by atoms with van der Waals surface area (Å²) >= 11 is 0. The summed E-state index contributed by atoms with van der Waals surface area (Å²) in [5, 5.41) is 3.33. The molecule has 84 valence electrons. The molecule has 0 bridgehead atoms. The van der Waals surface area contributed by atoms with Crippen LogP contribution in [0.1, 0.15) is 46.0 Å². The average molecular weight is 198 g/mol. The molecule has 0 spiro atoms. The molecule has 0 aromatic carbocycles. The van der Waals surface area contributed by atoms with Gasteiger partial charge in [0.05, 0.1) is 0 Å². The summed E-state index contributed by atoms with van der Waals surface area (Å²) in [4.78, 5) is 2.71. The summed E-state index contributed by atoms with van der Waals surface area (Å²) in [6.45, 7) is 7.14. The summed E-state index contributed by atoms with van der Waals surface area (Å²) in [6, 6.07) is 1.56. The van der Waals surface area contributed by atoms with Crippen molar-refractivity contribution in [1.29, 1.82) is 0 Å². The second-order valence-electron chi connectivity index (χ2n) is 4.58. The lowest BCUT2D eigenvalue weighted by Crippen LogP contribution is -2.48. The fourth-order valence-electron chi connectivity index (χ4n) is 2.62. The van der Waals surface area contributed by atoms with Crippen LogP contribution in [-0.4, -0.2) is 37.1 Å². The summed E-state index contributed by atoms with van der Waals surface area (Å²) in [5.41, 5.74) is 0. The maximum absolute atomic E-state index is 3.33. The topological polar surface area (TPSA) is 15.3 Å². The van der Waals surface area contributed by atoms with Crippen molar-refractivity contribution in [2.24, 2.45) is 0 Å². The van der Waals surface area contributed by atoms with Gasteiger partial charge in [-0.25, -0.2) is 0 Å². The molecule has 1 saturated heterocycles. The number of hydrogen-bond donors (Lipinski definition) is 1. The van der Waals surface area contributed by atoms with Crippen molar-refractivity contribution >= 4 is 0 Å². The highest BCUT2D eigenvalue weighted by Crippen LogP contribution is 2.20. The van der Waals surface area contributed by atoms with Crippen LogP contribution in [-0.2, 0) is 0 Å². The van der Waals surface area contributed by atoms with Gasteiger partial charge in [-0.1, -0.05) is 19.8 Å². The van der Waals surface area contributed by atoms with Crippen LogP contribution >= 0.6 is 0 Å². The number of rotatable bonds is 5. The smallest absolute Gasteiger partial charge is 0.0223 e. The Kier molecular flexibility index (Phi) is 5.49. The van der Waals surface area contributed by atoms with Crippen molar-refractivity contribution < 1.29 is 0 Å². The SMILES string of the molecule is CCCC(CNC)N1CCCCC1C. The van der Waals surface area contributed by atoms with Gasteiger partial charge in [-0.3, -0.25) is 4.90 Å². The standard InChI is InChI=1S/C12H26N2/c1-4-7-12(10-13-3)14-9-6-5-8-11(14)2/h11-13H,4-10H2,1-3H3. The van der Waals surface area contributed by atoms with Crippen LogP contribution < -0.4 is 5.32 Å². The van der Waals surface area contributed by atoms with E-state index in [0.717, 1.165) is 18.6 Å². The number of piperidine rings is 1. The molecule has 0 radical (unpaired) electrons. The number of nitrogens with zero attached hydrogens (tertiary/aromatic N) is 1. The molecule has 1 fully saturated rings. The zero-order chi connectivity index (χ0) is 10.4. The second kappa shape index (κ2) is 6.41. The maximum atomic E-state index is 3.33. The first-order valence-corrected chi connectivity index (χ1v) is 6.20. The highest BCUT2D eigenvalue weighted by molar-refractivity contribution is 4.81. The van der Waals surface area contributed by atoms with Crippen LogP contribution in [0.3, 0.4) is 0 Å². The first kappa shape index (κ1) is 12.0. The van der Waals surface area contributed by atoms with Crippen LogP contribution in [0.2, 0.25) is 0 Å². The van der Waals surface area contributed by atoms with E-state index < -0.39 is 0 Å². The minimum Gasteiger partial charge on any atom is -0.318 e. The quantitative estimate of drug-likeness (QED) is 0.729. The lowest BCUT2D eigenvalue weighted by Gasteiger charge is -2.39. The first-order valence-electron chi connectivity index (χ1n) is 6.20. The van der Waals surface area contributed by atoms with Crippen molar-refractivity contribution in [2.75, 3.05) is 20.1 Å². The number of likely N-dealkylation sites (tertiary alicyclic amines) is 1. The molecule has 2 atom stereocenters. The van der Waals surface area contributed by atoms with E-state index in [1.165, 1.54) is 38.6 Å². The maximum Gasteiger partial charge on any atom is 0.0223 e. The first-order chi connectivity index (χ1) is 6.79. The van der Waals surface area contributed by atoms with Crippen molar-refractivity contribution in [3.63, 3.8) is 0 Å². The van der Waals surface area contributed by atoms with E-state index in [1.807, 2.05) is 0 Å². The number of likely N-dealkylation sites (N-methyl/N-ethyl adjacent to an activating group) is 1. The van der Waals surface area contributed by atoms with Crippen LogP contribution in [0.25, 0.3) is 0 Å². The van der Waals surface area contributed by atoms with Crippen LogP contribution in [0, 0.1) is 0 Å². The van der Waals surface area contributed by atoms with Gasteiger partial charge in [0.15, 0.2) is 0 Å². The van der Waals surface area contributed by atoms with E-state index in [2.05, 4.69) is 31.1 Å². The lowest BCUT2D eigenvalue weighted by molar-refractivity contribution is 0.0991. The molecule has 1 aliphatic rings. The summed E-state index contributed by atoms with van der Waals surface area (Å²) < 4.78 is 0. The molecule has 1 heterocycles. The Hall–Kier alpha value is -0.0800. The fraction of sp³-hybridized carbons (Fsp3) is 1.00. The zero-order valence-electron chi connectivity index (χ0n) is 10.1. The molecule has 14 heavy (non-hydrogen) atoms. The molecule has 2 heteroatoms. The molecule has 0 aromatic heterocycles. The van der Waals surface area contributed by atoms with Gasteiger partial charge in [0.2, 0.25) is 0 Å². The normalized spacial score (nSPS) is 26.4. The minimum absolute atomic E-state index is 0.764. The van der Waals surface area contributed by atoms with Crippen molar-refractivity contribution in [3.05, 3.63) is 0 Å². The highest BCUT2D eigenvalue weighted by Gasteiger charge is 2.24. The minimum atomic E-state index is 0.764. The van der Waals surface area contributed by atoms with Crippen LogP contribution in [0.15, 0.2) is 0 Å². The molecule has 1 rings (SSSR count). The molecule has 0 saturated carbocycles. The van der Waals surface area contributed by atoms with Crippen molar-refractivity contribution in [2.45, 2.75) is 58.0 Å². The van der Waals surface area contributed by atoms with Gasteiger partial charge < -0.3 is 5.32 Å². The molecule has 2 nitrogen and oxygen atoms in total. The van der Waals surface area contributed by atoms with Crippen molar-refractivity contribution in [1.82, 2.24) is 10.2 Å². The predicted molar refractivity (Wildman–Crippen MR) is 62.6 cm³/mol. The van der Waals surface area contributed by atoms with E-state index in [9.17, 15) is 0 Å². The van der Waals surface area contributed by atoms with Gasteiger partial charge in [0.25, 0.3) is 0 Å². The summed E-state index contributed by atoms with van der Waals surface area (Å²) in [6.07, 6.45) is 6.86. The zero-order valence-corrected chi connectivity index (χ0v) is 10.1. The third-order valence-corrected chi connectivity index (χ3v) is 3.39. The molecule has 0 amide bonds. The highest BCUT2D eigenvalue weighted by atomic mass is 15.2. The van der Waals surface area contributed by atoms with Gasteiger partial charge in [0.1, 0.15) is 0 Å². The van der Waals surface area contributed by atoms with E-state index in [4.69, 9.17) is 0 Å². The molecule has 2 unspecified atom stereocenters. The number of hydrogen-bond acceptors (Lipinski definition) is 2. The second-order valence-corrected chi connectivity index (χ2v) is 4.58. The average Bonchev–Trinajstić information content (AvgIpc) is 2.18. The van der Waals surface area contributed by atoms with Crippen LogP contribution in [0.5, 0.6) is 0 Å². The largest absolute Gasteiger partial charge is 0.318 e. The summed E-state index contributed by atoms with van der Waals surface area (Å²) in [5.74, 6) is 0. The van der Waals surface area contributed by atoms with Crippen LogP contribution in [0.4, 0.5) is 0 Å². The third-order valence-electron chi connectivity index (χ3n) is 3.39. The molecular formula is C12H26N2. The molecule has 1 N–H and O–H groups in total. The van der Waals surface area contributed by atoms with Gasteiger partial charge >= 0.3 is 0 Å². The van der Waals surface area contributed by atoms with E-state index in [1.54, 1.807) is 0 Å². The Balaban J connectivity index is 2.46. The lowest BCUT2D eigenvalue weighted by atomic mass is 9.99.